The molecule has 0 saturated carbocycles. The average molecular weight is 289 g/mol. The topological polar surface area (TPSA) is 47.8 Å². The molecular weight excluding hydrogens is 270 g/mol. The first kappa shape index (κ1) is 14.8. The molecule has 0 spiro atoms. The van der Waals surface area contributed by atoms with Crippen LogP contribution >= 0.6 is 11.8 Å². The third kappa shape index (κ3) is 3.28. The third-order valence-corrected chi connectivity index (χ3v) is 4.11. The Bertz CT molecular complexity index is 602. The van der Waals surface area contributed by atoms with Gasteiger partial charge in [-0.15, -0.1) is 10.2 Å². The molecule has 0 aliphatic heterocycles. The molecule has 1 aromatic heterocycles. The number of aromatic nitrogens is 3. The van der Waals surface area contributed by atoms with E-state index in [1.54, 1.807) is 0 Å². The smallest absolute Gasteiger partial charge is 0.191 e. The molecule has 0 bridgehead atoms. The Balaban J connectivity index is 2.02. The van der Waals surface area contributed by atoms with Gasteiger partial charge in [-0.05, 0) is 6.92 Å². The van der Waals surface area contributed by atoms with Crippen LogP contribution in [0.1, 0.15) is 41.5 Å². The van der Waals surface area contributed by atoms with E-state index < -0.39 is 0 Å². The summed E-state index contributed by atoms with van der Waals surface area (Å²) in [5, 5.41) is 9.09. The van der Waals surface area contributed by atoms with Crippen LogP contribution in [0.15, 0.2) is 29.4 Å². The van der Waals surface area contributed by atoms with E-state index in [-0.39, 0.29) is 5.78 Å². The van der Waals surface area contributed by atoms with E-state index >= 15 is 0 Å². The highest BCUT2D eigenvalue weighted by molar-refractivity contribution is 7.99. The first-order valence-electron chi connectivity index (χ1n) is 6.61. The van der Waals surface area contributed by atoms with Crippen LogP contribution < -0.4 is 0 Å². The number of hydrogen-bond donors (Lipinski definition) is 0. The van der Waals surface area contributed by atoms with Gasteiger partial charge in [0.15, 0.2) is 10.9 Å². The van der Waals surface area contributed by atoms with Crippen molar-refractivity contribution < 1.29 is 4.79 Å². The lowest BCUT2D eigenvalue weighted by molar-refractivity contribution is 0.102. The predicted molar refractivity (Wildman–Crippen MR) is 81.3 cm³/mol. The summed E-state index contributed by atoms with van der Waals surface area (Å²) < 4.78 is 1.96. The maximum Gasteiger partial charge on any atom is 0.191 e. The average Bonchev–Trinajstić information content (AvgIpc) is 2.78. The van der Waals surface area contributed by atoms with Gasteiger partial charge in [0.2, 0.25) is 0 Å². The minimum atomic E-state index is 0.115. The SMILES string of the molecule is Cc1ccc(C(=O)CSc2nnc(C(C)C)n2C)cc1. The number of aryl methyl sites for hydroxylation is 1. The number of nitrogens with zero attached hydrogens (tertiary/aromatic N) is 3. The molecule has 0 saturated heterocycles. The van der Waals surface area contributed by atoms with Gasteiger partial charge in [0.1, 0.15) is 5.82 Å². The molecule has 0 fully saturated rings. The molecule has 1 heterocycles. The summed E-state index contributed by atoms with van der Waals surface area (Å²) >= 11 is 1.43. The number of rotatable bonds is 5. The normalized spacial score (nSPS) is 11.1. The highest BCUT2D eigenvalue weighted by Crippen LogP contribution is 2.20. The van der Waals surface area contributed by atoms with Crippen LogP contribution in [0.2, 0.25) is 0 Å². The highest BCUT2D eigenvalue weighted by atomic mass is 32.2. The standard InChI is InChI=1S/C15H19N3OS/c1-10(2)14-16-17-15(18(14)4)20-9-13(19)12-7-5-11(3)6-8-12/h5-8,10H,9H2,1-4H3. The van der Waals surface area contributed by atoms with E-state index in [1.807, 2.05) is 42.8 Å². The molecule has 20 heavy (non-hydrogen) atoms. The van der Waals surface area contributed by atoms with Crippen molar-refractivity contribution in [3.8, 4) is 0 Å². The first-order chi connectivity index (χ1) is 9.49. The largest absolute Gasteiger partial charge is 0.309 e. The molecule has 0 aliphatic carbocycles. The van der Waals surface area contributed by atoms with Crippen LogP contribution in [0.25, 0.3) is 0 Å². The Hall–Kier alpha value is -1.62. The van der Waals surface area contributed by atoms with Crippen LogP contribution in [-0.4, -0.2) is 26.3 Å². The Labute approximate surface area is 123 Å². The number of ketones is 1. The van der Waals surface area contributed by atoms with Gasteiger partial charge in [-0.1, -0.05) is 55.4 Å². The zero-order chi connectivity index (χ0) is 14.7. The van der Waals surface area contributed by atoms with Gasteiger partial charge in [-0.25, -0.2) is 0 Å². The van der Waals surface area contributed by atoms with Gasteiger partial charge >= 0.3 is 0 Å². The second kappa shape index (κ2) is 6.22. The molecule has 2 aromatic rings. The molecule has 0 unspecified atom stereocenters. The lowest BCUT2D eigenvalue weighted by Gasteiger charge is -2.05. The fourth-order valence-electron chi connectivity index (χ4n) is 1.91. The Morgan fingerprint density at radius 3 is 2.45 bits per heavy atom. The molecule has 0 atom stereocenters. The minimum Gasteiger partial charge on any atom is -0.309 e. The Morgan fingerprint density at radius 2 is 1.90 bits per heavy atom. The lowest BCUT2D eigenvalue weighted by Crippen LogP contribution is -2.05. The monoisotopic (exact) mass is 289 g/mol. The van der Waals surface area contributed by atoms with Crippen molar-refractivity contribution in [1.82, 2.24) is 14.8 Å². The van der Waals surface area contributed by atoms with Crippen LogP contribution in [-0.2, 0) is 7.05 Å². The van der Waals surface area contributed by atoms with Crippen molar-refractivity contribution in [1.29, 1.82) is 0 Å². The van der Waals surface area contributed by atoms with E-state index in [0.717, 1.165) is 22.1 Å². The first-order valence-corrected chi connectivity index (χ1v) is 7.59. The molecule has 1 aromatic carbocycles. The van der Waals surface area contributed by atoms with E-state index in [0.29, 0.717) is 11.7 Å². The number of carbonyl (C=O) groups excluding carboxylic acids is 1. The van der Waals surface area contributed by atoms with Gasteiger partial charge in [0.25, 0.3) is 0 Å². The lowest BCUT2D eigenvalue weighted by atomic mass is 10.1. The molecule has 2 rings (SSSR count). The van der Waals surface area contributed by atoms with Crippen molar-refractivity contribution in [2.75, 3.05) is 5.75 Å². The summed E-state index contributed by atoms with van der Waals surface area (Å²) in [6.07, 6.45) is 0. The second-order valence-electron chi connectivity index (χ2n) is 5.13. The van der Waals surface area contributed by atoms with E-state index in [9.17, 15) is 4.79 Å². The summed E-state index contributed by atoms with van der Waals surface area (Å²) in [6.45, 7) is 6.17. The summed E-state index contributed by atoms with van der Waals surface area (Å²) in [4.78, 5) is 12.1. The van der Waals surface area contributed by atoms with Crippen LogP contribution in [0, 0.1) is 6.92 Å². The van der Waals surface area contributed by atoms with Crippen molar-refractivity contribution in [3.63, 3.8) is 0 Å². The maximum atomic E-state index is 12.1. The van der Waals surface area contributed by atoms with Crippen molar-refractivity contribution in [2.45, 2.75) is 31.8 Å². The van der Waals surface area contributed by atoms with Gasteiger partial charge in [0, 0.05) is 18.5 Å². The summed E-state index contributed by atoms with van der Waals surface area (Å²) in [5.74, 6) is 1.77. The molecular formula is C15H19N3OS. The van der Waals surface area contributed by atoms with Gasteiger partial charge < -0.3 is 4.57 Å². The highest BCUT2D eigenvalue weighted by Gasteiger charge is 2.14. The Morgan fingerprint density at radius 1 is 1.25 bits per heavy atom. The fourth-order valence-corrected chi connectivity index (χ4v) is 2.72. The van der Waals surface area contributed by atoms with E-state index in [2.05, 4.69) is 24.0 Å². The second-order valence-corrected chi connectivity index (χ2v) is 6.07. The zero-order valence-corrected chi connectivity index (χ0v) is 13.1. The molecule has 0 radical (unpaired) electrons. The van der Waals surface area contributed by atoms with Gasteiger partial charge in [0.05, 0.1) is 5.75 Å². The van der Waals surface area contributed by atoms with Crippen LogP contribution in [0.3, 0.4) is 0 Å². The van der Waals surface area contributed by atoms with E-state index in [1.165, 1.54) is 11.8 Å². The molecule has 5 heteroatoms. The third-order valence-electron chi connectivity index (χ3n) is 3.09. The van der Waals surface area contributed by atoms with Gasteiger partial charge in [-0.3, -0.25) is 4.79 Å². The summed E-state index contributed by atoms with van der Waals surface area (Å²) in [5.41, 5.74) is 1.90. The summed E-state index contributed by atoms with van der Waals surface area (Å²) in [7, 11) is 1.94. The predicted octanol–water partition coefficient (Wildman–Crippen LogP) is 3.22. The van der Waals surface area contributed by atoms with Crippen LogP contribution in [0.4, 0.5) is 0 Å². The zero-order valence-electron chi connectivity index (χ0n) is 12.3. The molecule has 0 aliphatic rings. The number of benzene rings is 1. The number of carbonyl (C=O) groups is 1. The number of hydrogen-bond acceptors (Lipinski definition) is 4. The quantitative estimate of drug-likeness (QED) is 0.626. The van der Waals surface area contributed by atoms with Crippen LogP contribution in [0.5, 0.6) is 0 Å². The Kier molecular flexibility index (Phi) is 4.60. The molecule has 0 amide bonds. The van der Waals surface area contributed by atoms with E-state index in [4.69, 9.17) is 0 Å². The number of Topliss-reactive ketones (excluding diaryl/α,β-unsaturated/α-hetero) is 1. The fraction of sp³-hybridized carbons (Fsp3) is 0.400. The minimum absolute atomic E-state index is 0.115. The van der Waals surface area contributed by atoms with Crippen molar-refractivity contribution >= 4 is 17.5 Å². The summed E-state index contributed by atoms with van der Waals surface area (Å²) in [6, 6.07) is 7.65. The maximum absolute atomic E-state index is 12.1. The molecule has 4 nitrogen and oxygen atoms in total. The van der Waals surface area contributed by atoms with Crippen molar-refractivity contribution in [3.05, 3.63) is 41.2 Å². The number of thioether (sulfide) groups is 1. The van der Waals surface area contributed by atoms with Crippen molar-refractivity contribution in [2.24, 2.45) is 7.05 Å². The molecule has 0 N–H and O–H groups in total. The van der Waals surface area contributed by atoms with Gasteiger partial charge in [-0.2, -0.15) is 0 Å². The molecule has 106 valence electrons.